The van der Waals surface area contributed by atoms with Crippen molar-refractivity contribution in [2.75, 3.05) is 11.9 Å². The molecule has 1 saturated carbocycles. The SMILES string of the molecule is O=C(O)Cc1ccc(Cl)c(NC(=O)c2ccc(OCCC3CC3)cc2C(F)(F)F)c1. The highest BCUT2D eigenvalue weighted by molar-refractivity contribution is 6.34. The van der Waals surface area contributed by atoms with Crippen molar-refractivity contribution < 1.29 is 32.6 Å². The fourth-order valence-electron chi connectivity index (χ4n) is 2.94. The number of hydrogen-bond acceptors (Lipinski definition) is 3. The number of aliphatic carboxylic acids is 1. The van der Waals surface area contributed by atoms with Crippen LogP contribution in [-0.2, 0) is 17.4 Å². The zero-order valence-electron chi connectivity index (χ0n) is 15.8. The molecule has 0 atom stereocenters. The van der Waals surface area contributed by atoms with Crippen LogP contribution in [0.1, 0.15) is 40.7 Å². The minimum atomic E-state index is -4.77. The van der Waals surface area contributed by atoms with Crippen LogP contribution < -0.4 is 10.1 Å². The van der Waals surface area contributed by atoms with E-state index >= 15 is 0 Å². The Balaban J connectivity index is 1.81. The molecule has 1 fully saturated rings. The minimum Gasteiger partial charge on any atom is -0.494 e. The highest BCUT2D eigenvalue weighted by atomic mass is 35.5. The summed E-state index contributed by atoms with van der Waals surface area (Å²) in [5.41, 5.74) is -1.34. The van der Waals surface area contributed by atoms with E-state index in [4.69, 9.17) is 21.4 Å². The third-order valence-corrected chi connectivity index (χ3v) is 5.00. The van der Waals surface area contributed by atoms with Crippen molar-refractivity contribution in [3.05, 3.63) is 58.1 Å². The van der Waals surface area contributed by atoms with Gasteiger partial charge >= 0.3 is 12.1 Å². The van der Waals surface area contributed by atoms with Gasteiger partial charge in [-0.1, -0.05) is 30.5 Å². The molecule has 5 nitrogen and oxygen atoms in total. The van der Waals surface area contributed by atoms with Gasteiger partial charge in [0.15, 0.2) is 0 Å². The Hall–Kier alpha value is -2.74. The maximum atomic E-state index is 13.5. The van der Waals surface area contributed by atoms with Crippen LogP contribution >= 0.6 is 11.6 Å². The minimum absolute atomic E-state index is 0.0262. The summed E-state index contributed by atoms with van der Waals surface area (Å²) in [7, 11) is 0. The second-order valence-corrected chi connectivity index (χ2v) is 7.53. The van der Waals surface area contributed by atoms with Crippen LogP contribution in [0.15, 0.2) is 36.4 Å². The summed E-state index contributed by atoms with van der Waals surface area (Å²) in [6.45, 7) is 0.319. The normalized spacial score (nSPS) is 13.7. The Morgan fingerprint density at radius 3 is 2.53 bits per heavy atom. The van der Waals surface area contributed by atoms with Crippen LogP contribution in [0.2, 0.25) is 5.02 Å². The first kappa shape index (κ1) is 22.0. The molecule has 0 saturated heterocycles. The van der Waals surface area contributed by atoms with E-state index in [0.717, 1.165) is 31.4 Å². The molecule has 0 aliphatic heterocycles. The number of carboxylic acids is 1. The second-order valence-electron chi connectivity index (χ2n) is 7.12. The monoisotopic (exact) mass is 441 g/mol. The molecule has 1 aliphatic carbocycles. The summed E-state index contributed by atoms with van der Waals surface area (Å²) in [6, 6.07) is 7.33. The number of amides is 1. The first-order valence-electron chi connectivity index (χ1n) is 9.29. The lowest BCUT2D eigenvalue weighted by atomic mass is 10.1. The highest BCUT2D eigenvalue weighted by Crippen LogP contribution is 2.36. The number of carbonyl (C=O) groups excluding carboxylic acids is 1. The Bertz CT molecular complexity index is 958. The molecule has 1 amide bonds. The number of anilines is 1. The molecule has 1 aliphatic rings. The number of rotatable bonds is 8. The van der Waals surface area contributed by atoms with E-state index < -0.39 is 29.2 Å². The maximum Gasteiger partial charge on any atom is 0.417 e. The molecular formula is C21H19ClF3NO4. The molecule has 160 valence electrons. The van der Waals surface area contributed by atoms with Crippen molar-refractivity contribution in [1.29, 1.82) is 0 Å². The van der Waals surface area contributed by atoms with E-state index in [-0.39, 0.29) is 22.9 Å². The molecule has 30 heavy (non-hydrogen) atoms. The number of nitrogens with one attached hydrogen (secondary N) is 1. The largest absolute Gasteiger partial charge is 0.494 e. The zero-order valence-corrected chi connectivity index (χ0v) is 16.5. The summed E-state index contributed by atoms with van der Waals surface area (Å²) >= 11 is 6.00. The molecule has 3 rings (SSSR count). The molecule has 2 N–H and O–H groups in total. The third-order valence-electron chi connectivity index (χ3n) is 4.67. The number of carboxylic acid groups (broad SMARTS) is 1. The van der Waals surface area contributed by atoms with Crippen molar-refractivity contribution in [2.45, 2.75) is 31.9 Å². The Labute approximate surface area is 175 Å². The molecule has 2 aromatic rings. The van der Waals surface area contributed by atoms with E-state index in [1.54, 1.807) is 0 Å². The zero-order chi connectivity index (χ0) is 21.9. The summed E-state index contributed by atoms with van der Waals surface area (Å²) < 4.78 is 46.1. The van der Waals surface area contributed by atoms with Crippen LogP contribution in [0, 0.1) is 5.92 Å². The van der Waals surface area contributed by atoms with E-state index in [1.165, 1.54) is 24.3 Å². The van der Waals surface area contributed by atoms with E-state index in [9.17, 15) is 22.8 Å². The predicted molar refractivity (Wildman–Crippen MR) is 105 cm³/mol. The fraction of sp³-hybridized carbons (Fsp3) is 0.333. The number of benzene rings is 2. The van der Waals surface area contributed by atoms with Gasteiger partial charge in [0.25, 0.3) is 5.91 Å². The predicted octanol–water partition coefficient (Wildman–Crippen LogP) is 5.42. The molecule has 0 spiro atoms. The first-order chi connectivity index (χ1) is 14.1. The lowest BCUT2D eigenvalue weighted by Crippen LogP contribution is -2.19. The maximum absolute atomic E-state index is 13.5. The Morgan fingerprint density at radius 1 is 1.17 bits per heavy atom. The average molecular weight is 442 g/mol. The van der Waals surface area contributed by atoms with Gasteiger partial charge in [-0.2, -0.15) is 13.2 Å². The van der Waals surface area contributed by atoms with Crippen molar-refractivity contribution >= 4 is 29.2 Å². The van der Waals surface area contributed by atoms with Gasteiger partial charge in [0.2, 0.25) is 0 Å². The first-order valence-corrected chi connectivity index (χ1v) is 9.67. The van der Waals surface area contributed by atoms with Crippen LogP contribution in [0.3, 0.4) is 0 Å². The molecule has 0 bridgehead atoms. The Morgan fingerprint density at radius 2 is 1.90 bits per heavy atom. The van der Waals surface area contributed by atoms with Gasteiger partial charge in [0.1, 0.15) is 5.75 Å². The number of alkyl halides is 3. The van der Waals surface area contributed by atoms with Gasteiger partial charge in [-0.25, -0.2) is 0 Å². The topological polar surface area (TPSA) is 75.6 Å². The lowest BCUT2D eigenvalue weighted by molar-refractivity contribution is -0.138. The highest BCUT2D eigenvalue weighted by Gasteiger charge is 2.36. The number of hydrogen-bond donors (Lipinski definition) is 2. The van der Waals surface area contributed by atoms with Crippen LogP contribution in [0.5, 0.6) is 5.75 Å². The van der Waals surface area contributed by atoms with Crippen LogP contribution in [0.4, 0.5) is 18.9 Å². The van der Waals surface area contributed by atoms with Crippen molar-refractivity contribution in [1.82, 2.24) is 0 Å². The summed E-state index contributed by atoms with van der Waals surface area (Å²) in [5, 5.41) is 11.3. The van der Waals surface area contributed by atoms with Crippen molar-refractivity contribution in [2.24, 2.45) is 5.92 Å². The standard InChI is InChI=1S/C21H19ClF3NO4/c22-17-6-3-13(10-19(27)28)9-18(17)26-20(29)15-5-4-14(11-16(15)21(23,24)25)30-8-7-12-1-2-12/h3-6,9,11-12H,1-2,7-8,10H2,(H,26,29)(H,27,28). The number of carbonyl (C=O) groups is 2. The third kappa shape index (κ3) is 5.89. The summed E-state index contributed by atoms with van der Waals surface area (Å²) in [5.74, 6) is -1.48. The van der Waals surface area contributed by atoms with Gasteiger partial charge in [-0.05, 0) is 48.2 Å². The van der Waals surface area contributed by atoms with Gasteiger partial charge in [0.05, 0.1) is 34.9 Å². The fourth-order valence-corrected chi connectivity index (χ4v) is 3.10. The quantitative estimate of drug-likeness (QED) is 0.573. The number of halogens is 4. The van der Waals surface area contributed by atoms with Crippen molar-refractivity contribution in [3.63, 3.8) is 0 Å². The smallest absolute Gasteiger partial charge is 0.417 e. The van der Waals surface area contributed by atoms with Crippen LogP contribution in [0.25, 0.3) is 0 Å². The van der Waals surface area contributed by atoms with E-state index in [0.29, 0.717) is 18.1 Å². The molecular weight excluding hydrogens is 423 g/mol. The molecule has 0 aromatic heterocycles. The Kier molecular flexibility index (Phi) is 6.55. The summed E-state index contributed by atoms with van der Waals surface area (Å²) in [6.07, 6.45) is -2.06. The lowest BCUT2D eigenvalue weighted by Gasteiger charge is -2.16. The van der Waals surface area contributed by atoms with E-state index in [1.807, 2.05) is 0 Å². The number of ether oxygens (including phenoxy) is 1. The second kappa shape index (κ2) is 8.95. The van der Waals surface area contributed by atoms with Crippen LogP contribution in [-0.4, -0.2) is 23.6 Å². The van der Waals surface area contributed by atoms with Gasteiger partial charge in [-0.15, -0.1) is 0 Å². The van der Waals surface area contributed by atoms with E-state index in [2.05, 4.69) is 5.32 Å². The average Bonchev–Trinajstić information content (AvgIpc) is 3.47. The molecule has 2 aromatic carbocycles. The summed E-state index contributed by atoms with van der Waals surface area (Å²) in [4.78, 5) is 23.4. The van der Waals surface area contributed by atoms with Gasteiger partial charge < -0.3 is 15.2 Å². The molecule has 9 heteroatoms. The molecule has 0 heterocycles. The molecule has 0 unspecified atom stereocenters. The van der Waals surface area contributed by atoms with Crippen molar-refractivity contribution in [3.8, 4) is 5.75 Å². The van der Waals surface area contributed by atoms with Gasteiger partial charge in [0, 0.05) is 0 Å². The molecule has 0 radical (unpaired) electrons. The van der Waals surface area contributed by atoms with Gasteiger partial charge in [-0.3, -0.25) is 9.59 Å².